The molecule has 0 aromatic carbocycles. The molecule has 0 N–H and O–H groups in total. The Balaban J connectivity index is 4.26. The van der Waals surface area contributed by atoms with Crippen LogP contribution in [0.1, 0.15) is 310 Å². The Labute approximate surface area is 434 Å². The Bertz CT molecular complexity index is 1260. The summed E-state index contributed by atoms with van der Waals surface area (Å²) in [5, 5.41) is 0. The summed E-state index contributed by atoms with van der Waals surface area (Å²) in [4.78, 5) is 38.2. The second kappa shape index (κ2) is 58.7. The summed E-state index contributed by atoms with van der Waals surface area (Å²) in [6.45, 7) is 6.54. The minimum Gasteiger partial charge on any atom is -0.462 e. The van der Waals surface area contributed by atoms with E-state index in [2.05, 4.69) is 81.5 Å². The van der Waals surface area contributed by atoms with Gasteiger partial charge in [-0.15, -0.1) is 0 Å². The first-order valence-corrected chi connectivity index (χ1v) is 30.3. The Morgan fingerprint density at radius 1 is 0.300 bits per heavy atom. The van der Waals surface area contributed by atoms with Crippen molar-refractivity contribution in [3.05, 3.63) is 60.8 Å². The molecule has 0 aromatic heterocycles. The molecule has 1 unspecified atom stereocenters. The van der Waals surface area contributed by atoms with Gasteiger partial charge in [0.2, 0.25) is 0 Å². The maximum absolute atomic E-state index is 12.8. The van der Waals surface area contributed by atoms with Crippen molar-refractivity contribution in [3.63, 3.8) is 0 Å². The van der Waals surface area contributed by atoms with Gasteiger partial charge >= 0.3 is 17.9 Å². The van der Waals surface area contributed by atoms with Crippen molar-refractivity contribution in [1.82, 2.24) is 0 Å². The van der Waals surface area contributed by atoms with Gasteiger partial charge in [-0.2, -0.15) is 0 Å². The van der Waals surface area contributed by atoms with Crippen LogP contribution >= 0.6 is 0 Å². The van der Waals surface area contributed by atoms with Crippen LogP contribution in [0, 0.1) is 0 Å². The van der Waals surface area contributed by atoms with Crippen molar-refractivity contribution in [2.45, 2.75) is 316 Å². The van der Waals surface area contributed by atoms with Gasteiger partial charge in [0.15, 0.2) is 6.10 Å². The standard InChI is InChI=1S/C64H114O6/c1-4-7-10-13-16-19-22-25-27-28-29-30-31-32-33-34-35-36-37-40-42-45-48-51-54-57-63(66)69-60-61(59-68-62(65)56-53-50-47-44-41-38-24-21-18-15-12-9-6-3)70-64(67)58-55-52-49-46-43-39-26-23-20-17-14-11-8-5-2/h7,10,16,19,23,25-27,29-30,61H,4-6,8-9,11-15,17-18,20-22,24,28,31-60H2,1-3H3/b10-7-,19-16-,26-23-,27-25-,30-29-. The highest BCUT2D eigenvalue weighted by atomic mass is 16.6. The largest absolute Gasteiger partial charge is 0.462 e. The van der Waals surface area contributed by atoms with Gasteiger partial charge in [0.25, 0.3) is 0 Å². The molecule has 0 fully saturated rings. The molecule has 1 atom stereocenters. The van der Waals surface area contributed by atoms with Crippen LogP contribution in [0.3, 0.4) is 0 Å². The predicted octanol–water partition coefficient (Wildman–Crippen LogP) is 20.4. The summed E-state index contributed by atoms with van der Waals surface area (Å²) in [5.74, 6) is -0.870. The molecule has 0 rings (SSSR count). The smallest absolute Gasteiger partial charge is 0.306 e. The SMILES string of the molecule is CC/C=C\C/C=C\C/C=C\C/C=C\CCCCCCCCCCCCCCC(=O)OCC(COC(=O)CCCCCCCCCCCCCCC)OC(=O)CCCCCCC/C=C\CCCCCCC. The van der Waals surface area contributed by atoms with Gasteiger partial charge in [-0.3, -0.25) is 14.4 Å². The molecule has 0 aromatic rings. The van der Waals surface area contributed by atoms with E-state index in [0.29, 0.717) is 19.3 Å². The van der Waals surface area contributed by atoms with Crippen LogP contribution in [0.2, 0.25) is 0 Å². The highest BCUT2D eigenvalue weighted by Gasteiger charge is 2.19. The number of unbranched alkanes of at least 4 members (excludes halogenated alkanes) is 34. The molecule has 0 aliphatic heterocycles. The summed E-state index contributed by atoms with van der Waals surface area (Å²) < 4.78 is 16.9. The van der Waals surface area contributed by atoms with E-state index < -0.39 is 6.10 Å². The van der Waals surface area contributed by atoms with Crippen LogP contribution in [0.25, 0.3) is 0 Å². The molecule has 6 heteroatoms. The quantitative estimate of drug-likeness (QED) is 0.0261. The van der Waals surface area contributed by atoms with Crippen molar-refractivity contribution in [2.24, 2.45) is 0 Å². The van der Waals surface area contributed by atoms with Crippen molar-refractivity contribution in [2.75, 3.05) is 13.2 Å². The zero-order valence-corrected chi connectivity index (χ0v) is 46.5. The number of rotatable bonds is 55. The minimum atomic E-state index is -0.776. The Kier molecular flexibility index (Phi) is 56.3. The van der Waals surface area contributed by atoms with E-state index in [0.717, 1.165) is 89.9 Å². The van der Waals surface area contributed by atoms with Gasteiger partial charge in [-0.1, -0.05) is 268 Å². The van der Waals surface area contributed by atoms with Gasteiger partial charge in [0.1, 0.15) is 13.2 Å². The van der Waals surface area contributed by atoms with Gasteiger partial charge in [0, 0.05) is 19.3 Å². The van der Waals surface area contributed by atoms with E-state index in [1.54, 1.807) is 0 Å². The van der Waals surface area contributed by atoms with Gasteiger partial charge in [-0.05, 0) is 83.5 Å². The topological polar surface area (TPSA) is 78.9 Å². The van der Waals surface area contributed by atoms with Crippen molar-refractivity contribution in [1.29, 1.82) is 0 Å². The van der Waals surface area contributed by atoms with E-state index >= 15 is 0 Å². The first kappa shape index (κ1) is 67.1. The fourth-order valence-corrected chi connectivity index (χ4v) is 8.72. The highest BCUT2D eigenvalue weighted by Crippen LogP contribution is 2.16. The molecular weight excluding hydrogens is 865 g/mol. The maximum atomic E-state index is 12.8. The van der Waals surface area contributed by atoms with Crippen LogP contribution in [0.15, 0.2) is 60.8 Å². The lowest BCUT2D eigenvalue weighted by atomic mass is 10.0. The fourth-order valence-electron chi connectivity index (χ4n) is 8.72. The lowest BCUT2D eigenvalue weighted by Gasteiger charge is -2.18. The van der Waals surface area contributed by atoms with Crippen LogP contribution in [-0.2, 0) is 28.6 Å². The number of carbonyl (C=O) groups is 3. The number of hydrogen-bond acceptors (Lipinski definition) is 6. The fraction of sp³-hybridized carbons (Fsp3) is 0.797. The molecule has 0 saturated carbocycles. The molecule has 70 heavy (non-hydrogen) atoms. The lowest BCUT2D eigenvalue weighted by molar-refractivity contribution is -0.167. The highest BCUT2D eigenvalue weighted by molar-refractivity contribution is 5.71. The molecule has 0 aliphatic carbocycles. The predicted molar refractivity (Wildman–Crippen MR) is 302 cm³/mol. The van der Waals surface area contributed by atoms with Gasteiger partial charge in [0.05, 0.1) is 0 Å². The monoisotopic (exact) mass is 979 g/mol. The Hall–Kier alpha value is -2.89. The Morgan fingerprint density at radius 3 is 0.886 bits per heavy atom. The normalized spacial score (nSPS) is 12.4. The average molecular weight is 980 g/mol. The van der Waals surface area contributed by atoms with Crippen LogP contribution in [-0.4, -0.2) is 37.2 Å². The number of carbonyl (C=O) groups excluding carboxylic acids is 3. The average Bonchev–Trinajstić information content (AvgIpc) is 3.36. The molecule has 6 nitrogen and oxygen atoms in total. The first-order chi connectivity index (χ1) is 34.5. The number of allylic oxidation sites excluding steroid dienone is 10. The molecule has 0 saturated heterocycles. The molecule has 0 spiro atoms. The van der Waals surface area contributed by atoms with E-state index in [1.807, 2.05) is 0 Å². The third kappa shape index (κ3) is 56.0. The van der Waals surface area contributed by atoms with E-state index in [9.17, 15) is 14.4 Å². The molecule has 0 radical (unpaired) electrons. The summed E-state index contributed by atoms with van der Waals surface area (Å²) in [6.07, 6.45) is 73.6. The Morgan fingerprint density at radius 2 is 0.557 bits per heavy atom. The zero-order chi connectivity index (χ0) is 50.7. The molecule has 0 amide bonds. The number of ether oxygens (including phenoxy) is 3. The second-order valence-electron chi connectivity index (χ2n) is 20.2. The minimum absolute atomic E-state index is 0.0742. The third-order valence-corrected chi connectivity index (χ3v) is 13.3. The number of hydrogen-bond donors (Lipinski definition) is 0. The summed E-state index contributed by atoms with van der Waals surface area (Å²) in [7, 11) is 0. The second-order valence-corrected chi connectivity index (χ2v) is 20.2. The summed E-state index contributed by atoms with van der Waals surface area (Å²) in [6, 6.07) is 0. The summed E-state index contributed by atoms with van der Waals surface area (Å²) >= 11 is 0. The molecule has 0 aliphatic rings. The van der Waals surface area contributed by atoms with Gasteiger partial charge in [-0.25, -0.2) is 0 Å². The zero-order valence-electron chi connectivity index (χ0n) is 46.5. The molecule has 406 valence electrons. The first-order valence-electron chi connectivity index (χ1n) is 30.3. The molecule has 0 heterocycles. The molecule has 0 bridgehead atoms. The number of esters is 3. The van der Waals surface area contributed by atoms with Crippen molar-refractivity contribution in [3.8, 4) is 0 Å². The maximum Gasteiger partial charge on any atom is 0.306 e. The van der Waals surface area contributed by atoms with Crippen molar-refractivity contribution < 1.29 is 28.6 Å². The molecular formula is C64H114O6. The summed E-state index contributed by atoms with van der Waals surface area (Å²) in [5.41, 5.74) is 0. The van der Waals surface area contributed by atoms with Crippen LogP contribution < -0.4 is 0 Å². The van der Waals surface area contributed by atoms with Gasteiger partial charge < -0.3 is 14.2 Å². The van der Waals surface area contributed by atoms with E-state index in [-0.39, 0.29) is 31.1 Å². The third-order valence-electron chi connectivity index (χ3n) is 13.3. The van der Waals surface area contributed by atoms with E-state index in [1.165, 1.54) is 180 Å². The van der Waals surface area contributed by atoms with Crippen LogP contribution in [0.5, 0.6) is 0 Å². The lowest BCUT2D eigenvalue weighted by Crippen LogP contribution is -2.30. The van der Waals surface area contributed by atoms with Crippen LogP contribution in [0.4, 0.5) is 0 Å². The van der Waals surface area contributed by atoms with Crippen molar-refractivity contribution >= 4 is 17.9 Å². The van der Waals surface area contributed by atoms with E-state index in [4.69, 9.17) is 14.2 Å².